The molecule has 2 aliphatic heterocycles. The summed E-state index contributed by atoms with van der Waals surface area (Å²) in [6.45, 7) is 2.35. The van der Waals surface area contributed by atoms with Crippen molar-refractivity contribution in [2.75, 3.05) is 0 Å². The standard InChI is InChI=1S/C13H18O/c1-12-8-13-5-3-2-4-10(13)11(14-12)6-9(12)7-13/h3,5,9-11H,2,4,6-8H2,1H3. The molecule has 0 amide bonds. The molecule has 0 aromatic heterocycles. The topological polar surface area (TPSA) is 9.23 Å². The van der Waals surface area contributed by atoms with Gasteiger partial charge in [-0.05, 0) is 56.3 Å². The molecule has 0 aromatic carbocycles. The van der Waals surface area contributed by atoms with Crippen molar-refractivity contribution >= 4 is 0 Å². The minimum atomic E-state index is 0.253. The molecule has 1 spiro atoms. The molecule has 5 rings (SSSR count). The van der Waals surface area contributed by atoms with Crippen LogP contribution in [0, 0.1) is 17.3 Å². The second kappa shape index (κ2) is 2.11. The number of hydrogen-bond donors (Lipinski definition) is 0. The van der Waals surface area contributed by atoms with E-state index in [1.54, 1.807) is 0 Å². The smallest absolute Gasteiger partial charge is 0.0696 e. The first-order chi connectivity index (χ1) is 6.72. The monoisotopic (exact) mass is 190 g/mol. The highest BCUT2D eigenvalue weighted by atomic mass is 16.5. The van der Waals surface area contributed by atoms with Crippen LogP contribution in [0.3, 0.4) is 0 Å². The second-order valence-electron chi connectivity index (χ2n) is 6.10. The van der Waals surface area contributed by atoms with E-state index in [1.165, 1.54) is 32.1 Å². The largest absolute Gasteiger partial charge is 0.371 e. The lowest BCUT2D eigenvalue weighted by Crippen LogP contribution is -2.45. The van der Waals surface area contributed by atoms with E-state index in [0.29, 0.717) is 11.5 Å². The first-order valence-electron chi connectivity index (χ1n) is 6.07. The Labute approximate surface area is 85.5 Å². The predicted octanol–water partition coefficient (Wildman–Crippen LogP) is 2.91. The Morgan fingerprint density at radius 2 is 2.36 bits per heavy atom. The number of allylic oxidation sites excluding steroid dienone is 2. The van der Waals surface area contributed by atoms with Crippen LogP contribution in [0.2, 0.25) is 0 Å². The van der Waals surface area contributed by atoms with Gasteiger partial charge in [-0.1, -0.05) is 12.2 Å². The Hall–Kier alpha value is -0.300. The minimum absolute atomic E-state index is 0.253. The lowest BCUT2D eigenvalue weighted by molar-refractivity contribution is -0.122. The van der Waals surface area contributed by atoms with Gasteiger partial charge in [0.05, 0.1) is 11.7 Å². The van der Waals surface area contributed by atoms with Gasteiger partial charge in [0.25, 0.3) is 0 Å². The van der Waals surface area contributed by atoms with Gasteiger partial charge in [-0.2, -0.15) is 0 Å². The Kier molecular flexibility index (Phi) is 1.19. The third-order valence-electron chi connectivity index (χ3n) is 5.39. The zero-order valence-electron chi connectivity index (χ0n) is 8.83. The summed E-state index contributed by atoms with van der Waals surface area (Å²) >= 11 is 0. The Bertz CT molecular complexity index is 321. The summed E-state index contributed by atoms with van der Waals surface area (Å²) in [5.74, 6) is 1.73. The van der Waals surface area contributed by atoms with Crippen LogP contribution in [-0.4, -0.2) is 11.7 Å². The Morgan fingerprint density at radius 3 is 3.21 bits per heavy atom. The molecule has 5 unspecified atom stereocenters. The predicted molar refractivity (Wildman–Crippen MR) is 54.9 cm³/mol. The van der Waals surface area contributed by atoms with E-state index in [2.05, 4.69) is 19.1 Å². The highest BCUT2D eigenvalue weighted by molar-refractivity contribution is 5.23. The summed E-state index contributed by atoms with van der Waals surface area (Å²) in [4.78, 5) is 0. The molecular formula is C13H18O. The Balaban J connectivity index is 1.86. The van der Waals surface area contributed by atoms with Crippen LogP contribution in [0.25, 0.3) is 0 Å². The molecule has 76 valence electrons. The average molecular weight is 190 g/mol. The van der Waals surface area contributed by atoms with E-state index in [-0.39, 0.29) is 5.60 Å². The number of ether oxygens (including phenoxy) is 1. The summed E-state index contributed by atoms with van der Waals surface area (Å²) in [6.07, 6.45) is 12.3. The molecule has 0 N–H and O–H groups in total. The van der Waals surface area contributed by atoms with Crippen molar-refractivity contribution < 1.29 is 4.74 Å². The van der Waals surface area contributed by atoms with E-state index in [0.717, 1.165) is 11.8 Å². The summed E-state index contributed by atoms with van der Waals surface area (Å²) in [5, 5.41) is 0. The maximum Gasteiger partial charge on any atom is 0.0696 e. The SMILES string of the molecule is CC12CC34C=CCCC3C(CC1C4)O2. The summed E-state index contributed by atoms with van der Waals surface area (Å²) in [7, 11) is 0. The molecular weight excluding hydrogens is 172 g/mol. The van der Waals surface area contributed by atoms with Crippen molar-refractivity contribution in [1.82, 2.24) is 0 Å². The van der Waals surface area contributed by atoms with Gasteiger partial charge < -0.3 is 4.74 Å². The highest BCUT2D eigenvalue weighted by Crippen LogP contribution is 2.68. The maximum absolute atomic E-state index is 6.27. The van der Waals surface area contributed by atoms with Crippen molar-refractivity contribution in [1.29, 1.82) is 0 Å². The molecule has 5 atom stereocenters. The third kappa shape index (κ3) is 0.701. The van der Waals surface area contributed by atoms with Crippen molar-refractivity contribution in [3.63, 3.8) is 0 Å². The fraction of sp³-hybridized carbons (Fsp3) is 0.846. The van der Waals surface area contributed by atoms with Gasteiger partial charge in [0, 0.05) is 0 Å². The highest BCUT2D eigenvalue weighted by Gasteiger charge is 2.66. The maximum atomic E-state index is 6.27. The number of rotatable bonds is 0. The minimum Gasteiger partial charge on any atom is -0.371 e. The fourth-order valence-electron chi connectivity index (χ4n) is 4.91. The molecule has 2 saturated heterocycles. The van der Waals surface area contributed by atoms with Crippen molar-refractivity contribution in [3.8, 4) is 0 Å². The molecule has 4 fully saturated rings. The molecule has 2 heterocycles. The van der Waals surface area contributed by atoms with Crippen LogP contribution in [0.1, 0.15) is 39.0 Å². The van der Waals surface area contributed by atoms with Gasteiger partial charge in [-0.3, -0.25) is 0 Å². The van der Waals surface area contributed by atoms with Crippen LogP contribution in [0.15, 0.2) is 12.2 Å². The van der Waals surface area contributed by atoms with Crippen molar-refractivity contribution in [2.24, 2.45) is 17.3 Å². The first kappa shape index (κ1) is 7.92. The molecule has 0 radical (unpaired) electrons. The summed E-state index contributed by atoms with van der Waals surface area (Å²) < 4.78 is 6.27. The normalized spacial score (nSPS) is 63.4. The zero-order chi connectivity index (χ0) is 9.39. The molecule has 3 aliphatic carbocycles. The van der Waals surface area contributed by atoms with Crippen LogP contribution < -0.4 is 0 Å². The van der Waals surface area contributed by atoms with Gasteiger partial charge in [-0.15, -0.1) is 0 Å². The van der Waals surface area contributed by atoms with Crippen LogP contribution >= 0.6 is 0 Å². The average Bonchev–Trinajstić information content (AvgIpc) is 2.50. The molecule has 1 nitrogen and oxygen atoms in total. The third-order valence-corrected chi connectivity index (χ3v) is 5.39. The molecule has 4 bridgehead atoms. The van der Waals surface area contributed by atoms with Crippen molar-refractivity contribution in [3.05, 3.63) is 12.2 Å². The van der Waals surface area contributed by atoms with Crippen LogP contribution in [-0.2, 0) is 4.74 Å². The van der Waals surface area contributed by atoms with Crippen LogP contribution in [0.5, 0.6) is 0 Å². The first-order valence-corrected chi connectivity index (χ1v) is 6.07. The number of hydrogen-bond acceptors (Lipinski definition) is 1. The zero-order valence-corrected chi connectivity index (χ0v) is 8.83. The molecule has 1 heteroatoms. The summed E-state index contributed by atoms with van der Waals surface area (Å²) in [6, 6.07) is 0. The van der Waals surface area contributed by atoms with Gasteiger partial charge in [0.15, 0.2) is 0 Å². The van der Waals surface area contributed by atoms with E-state index in [9.17, 15) is 0 Å². The second-order valence-corrected chi connectivity index (χ2v) is 6.10. The van der Waals surface area contributed by atoms with E-state index < -0.39 is 0 Å². The van der Waals surface area contributed by atoms with Gasteiger partial charge in [0.1, 0.15) is 0 Å². The van der Waals surface area contributed by atoms with E-state index >= 15 is 0 Å². The molecule has 14 heavy (non-hydrogen) atoms. The van der Waals surface area contributed by atoms with E-state index in [1.807, 2.05) is 0 Å². The lowest BCUT2D eigenvalue weighted by Gasteiger charge is -2.47. The fourth-order valence-corrected chi connectivity index (χ4v) is 4.91. The van der Waals surface area contributed by atoms with E-state index in [4.69, 9.17) is 4.74 Å². The van der Waals surface area contributed by atoms with Crippen LogP contribution in [0.4, 0.5) is 0 Å². The lowest BCUT2D eigenvalue weighted by atomic mass is 9.62. The Morgan fingerprint density at radius 1 is 1.43 bits per heavy atom. The van der Waals surface area contributed by atoms with Gasteiger partial charge in [-0.25, -0.2) is 0 Å². The molecule has 0 aromatic rings. The molecule has 5 aliphatic rings. The summed E-state index contributed by atoms with van der Waals surface area (Å²) in [5.41, 5.74) is 0.821. The van der Waals surface area contributed by atoms with Crippen molar-refractivity contribution in [2.45, 2.75) is 50.7 Å². The molecule has 2 saturated carbocycles. The quantitative estimate of drug-likeness (QED) is 0.534. The van der Waals surface area contributed by atoms with Gasteiger partial charge >= 0.3 is 0 Å². The van der Waals surface area contributed by atoms with Gasteiger partial charge in [0.2, 0.25) is 0 Å².